The molecule has 0 saturated carbocycles. The standard InChI is InChI=1S/C10H21N3O/c1-3-7-11-12(8-4-1)13-9-5-2-6-10-14-13/h11H,1-10H2. The highest BCUT2D eigenvalue weighted by atomic mass is 16.7. The summed E-state index contributed by atoms with van der Waals surface area (Å²) in [5.41, 5.74) is 3.41. The second-order valence-corrected chi connectivity index (χ2v) is 4.06. The van der Waals surface area contributed by atoms with Crippen LogP contribution in [0.4, 0.5) is 0 Å². The number of hydrogen-bond donors (Lipinski definition) is 1. The third-order valence-electron chi connectivity index (χ3n) is 2.84. The largest absolute Gasteiger partial charge is 0.283 e. The molecule has 14 heavy (non-hydrogen) atoms. The summed E-state index contributed by atoms with van der Waals surface area (Å²) in [5.74, 6) is 0. The SMILES string of the molecule is C1CCNN(N2CCCCCO2)CC1. The molecule has 2 aliphatic rings. The van der Waals surface area contributed by atoms with Gasteiger partial charge in [0.25, 0.3) is 0 Å². The highest BCUT2D eigenvalue weighted by Gasteiger charge is 2.18. The number of rotatable bonds is 1. The van der Waals surface area contributed by atoms with Crippen LogP contribution < -0.4 is 5.43 Å². The van der Waals surface area contributed by atoms with Crippen molar-refractivity contribution in [1.82, 2.24) is 15.7 Å². The third kappa shape index (κ3) is 2.92. The van der Waals surface area contributed by atoms with Crippen molar-refractivity contribution in [2.75, 3.05) is 26.2 Å². The minimum absolute atomic E-state index is 0.873. The van der Waals surface area contributed by atoms with Crippen LogP contribution in [-0.4, -0.2) is 36.5 Å². The average Bonchev–Trinajstić information content (AvgIpc) is 2.62. The normalized spacial score (nSPS) is 28.3. The molecule has 2 aliphatic heterocycles. The Hall–Kier alpha value is -0.160. The molecule has 2 fully saturated rings. The van der Waals surface area contributed by atoms with Gasteiger partial charge in [-0.25, -0.2) is 5.43 Å². The molecular formula is C10H21N3O. The Morgan fingerprint density at radius 1 is 0.857 bits per heavy atom. The lowest BCUT2D eigenvalue weighted by Crippen LogP contribution is -2.50. The van der Waals surface area contributed by atoms with Crippen molar-refractivity contribution < 1.29 is 4.84 Å². The van der Waals surface area contributed by atoms with Gasteiger partial charge in [0, 0.05) is 19.6 Å². The van der Waals surface area contributed by atoms with Gasteiger partial charge in [0.15, 0.2) is 0 Å². The van der Waals surface area contributed by atoms with Crippen LogP contribution in [0.1, 0.15) is 38.5 Å². The topological polar surface area (TPSA) is 27.7 Å². The number of nitrogens with zero attached hydrogens (tertiary/aromatic N) is 2. The van der Waals surface area contributed by atoms with Crippen molar-refractivity contribution in [3.05, 3.63) is 0 Å². The van der Waals surface area contributed by atoms with Crippen LogP contribution in [-0.2, 0) is 4.84 Å². The van der Waals surface area contributed by atoms with Crippen molar-refractivity contribution >= 4 is 0 Å². The van der Waals surface area contributed by atoms with Gasteiger partial charge >= 0.3 is 0 Å². The van der Waals surface area contributed by atoms with Crippen LogP contribution in [0.25, 0.3) is 0 Å². The zero-order valence-electron chi connectivity index (χ0n) is 8.87. The lowest BCUT2D eigenvalue weighted by molar-refractivity contribution is -0.297. The second kappa shape index (κ2) is 5.66. The maximum Gasteiger partial charge on any atom is 0.0702 e. The molecule has 0 aliphatic carbocycles. The van der Waals surface area contributed by atoms with Gasteiger partial charge in [0.2, 0.25) is 0 Å². The second-order valence-electron chi connectivity index (χ2n) is 4.06. The van der Waals surface area contributed by atoms with Gasteiger partial charge in [-0.15, -0.1) is 5.17 Å². The summed E-state index contributed by atoms with van der Waals surface area (Å²) in [6.07, 6.45) is 7.63. The van der Waals surface area contributed by atoms with E-state index >= 15 is 0 Å². The third-order valence-corrected chi connectivity index (χ3v) is 2.84. The first-order valence-corrected chi connectivity index (χ1v) is 5.88. The summed E-state index contributed by atoms with van der Waals surface area (Å²) < 4.78 is 0. The first-order valence-electron chi connectivity index (χ1n) is 5.88. The maximum absolute atomic E-state index is 5.69. The average molecular weight is 199 g/mol. The van der Waals surface area contributed by atoms with E-state index in [1.54, 1.807) is 0 Å². The van der Waals surface area contributed by atoms with E-state index in [4.69, 9.17) is 4.84 Å². The predicted octanol–water partition coefficient (Wildman–Crippen LogP) is 1.31. The summed E-state index contributed by atoms with van der Waals surface area (Å²) in [6, 6.07) is 0. The van der Waals surface area contributed by atoms with Gasteiger partial charge in [0.05, 0.1) is 6.61 Å². The lowest BCUT2D eigenvalue weighted by atomic mass is 10.2. The Morgan fingerprint density at radius 2 is 1.71 bits per heavy atom. The van der Waals surface area contributed by atoms with Crippen LogP contribution in [0, 0.1) is 0 Å². The van der Waals surface area contributed by atoms with Crippen LogP contribution in [0.15, 0.2) is 0 Å². The van der Waals surface area contributed by atoms with Gasteiger partial charge in [-0.1, -0.05) is 6.42 Å². The van der Waals surface area contributed by atoms with Crippen molar-refractivity contribution in [3.63, 3.8) is 0 Å². The molecule has 0 unspecified atom stereocenters. The Kier molecular flexibility index (Phi) is 4.19. The molecule has 4 nitrogen and oxygen atoms in total. The molecule has 2 rings (SSSR count). The predicted molar refractivity (Wildman–Crippen MR) is 55.1 cm³/mol. The van der Waals surface area contributed by atoms with Gasteiger partial charge in [-0.3, -0.25) is 4.84 Å². The number of hydroxylamine groups is 1. The summed E-state index contributed by atoms with van der Waals surface area (Å²) >= 11 is 0. The summed E-state index contributed by atoms with van der Waals surface area (Å²) in [6.45, 7) is 4.07. The Balaban J connectivity index is 1.83. The molecule has 1 N–H and O–H groups in total. The number of nitrogens with one attached hydrogen (secondary N) is 1. The van der Waals surface area contributed by atoms with Crippen LogP contribution in [0.5, 0.6) is 0 Å². The molecule has 82 valence electrons. The summed E-state index contributed by atoms with van der Waals surface area (Å²) in [4.78, 5) is 5.69. The molecular weight excluding hydrogens is 178 g/mol. The van der Waals surface area contributed by atoms with Crippen molar-refractivity contribution in [1.29, 1.82) is 0 Å². The molecule has 0 aromatic carbocycles. The monoisotopic (exact) mass is 199 g/mol. The molecule has 4 heteroatoms. The Labute approximate surface area is 86.1 Å². The van der Waals surface area contributed by atoms with Crippen LogP contribution >= 0.6 is 0 Å². The molecule has 0 spiro atoms. The molecule has 2 heterocycles. The molecule has 0 aromatic rings. The Morgan fingerprint density at radius 3 is 2.71 bits per heavy atom. The zero-order valence-corrected chi connectivity index (χ0v) is 8.87. The van der Waals surface area contributed by atoms with E-state index < -0.39 is 0 Å². The van der Waals surface area contributed by atoms with E-state index in [0.29, 0.717) is 0 Å². The van der Waals surface area contributed by atoms with E-state index in [-0.39, 0.29) is 0 Å². The van der Waals surface area contributed by atoms with Gasteiger partial charge in [-0.2, -0.15) is 5.12 Å². The molecule has 0 atom stereocenters. The summed E-state index contributed by atoms with van der Waals surface area (Å²) in [5, 5.41) is 4.19. The summed E-state index contributed by atoms with van der Waals surface area (Å²) in [7, 11) is 0. The number of hydrazine groups is 2. The van der Waals surface area contributed by atoms with Gasteiger partial charge in [-0.05, 0) is 32.1 Å². The minimum atomic E-state index is 0.873. The molecule has 0 aromatic heterocycles. The highest BCUT2D eigenvalue weighted by Crippen LogP contribution is 2.11. The smallest absolute Gasteiger partial charge is 0.0702 e. The molecule has 2 saturated heterocycles. The molecule has 0 bridgehead atoms. The van der Waals surface area contributed by atoms with Gasteiger partial charge in [0.1, 0.15) is 0 Å². The van der Waals surface area contributed by atoms with E-state index in [1.807, 2.05) is 5.17 Å². The highest BCUT2D eigenvalue weighted by molar-refractivity contribution is 4.57. The fourth-order valence-electron chi connectivity index (χ4n) is 1.99. The van der Waals surface area contributed by atoms with Crippen LogP contribution in [0.3, 0.4) is 0 Å². The zero-order chi connectivity index (χ0) is 9.64. The minimum Gasteiger partial charge on any atom is -0.283 e. The lowest BCUT2D eigenvalue weighted by Gasteiger charge is -2.31. The molecule has 0 radical (unpaired) electrons. The van der Waals surface area contributed by atoms with E-state index in [9.17, 15) is 0 Å². The van der Waals surface area contributed by atoms with E-state index in [0.717, 1.165) is 26.2 Å². The fourth-order valence-corrected chi connectivity index (χ4v) is 1.99. The molecule has 0 amide bonds. The maximum atomic E-state index is 5.69. The van der Waals surface area contributed by atoms with Crippen LogP contribution in [0.2, 0.25) is 0 Å². The first kappa shape index (κ1) is 10.4. The van der Waals surface area contributed by atoms with Crippen molar-refractivity contribution in [2.24, 2.45) is 0 Å². The van der Waals surface area contributed by atoms with Gasteiger partial charge < -0.3 is 0 Å². The van der Waals surface area contributed by atoms with Crippen molar-refractivity contribution in [3.8, 4) is 0 Å². The van der Waals surface area contributed by atoms with E-state index in [1.165, 1.54) is 38.5 Å². The fraction of sp³-hybridized carbons (Fsp3) is 1.00. The van der Waals surface area contributed by atoms with E-state index in [2.05, 4.69) is 10.5 Å². The Bertz CT molecular complexity index is 131. The number of hydrogen-bond acceptors (Lipinski definition) is 4. The quantitative estimate of drug-likeness (QED) is 0.689. The van der Waals surface area contributed by atoms with Crippen molar-refractivity contribution in [2.45, 2.75) is 38.5 Å². The first-order chi connectivity index (χ1) is 6.97.